The van der Waals surface area contributed by atoms with Crippen LogP contribution in [0.25, 0.3) is 12.2 Å². The molecule has 0 radical (unpaired) electrons. The van der Waals surface area contributed by atoms with E-state index in [9.17, 15) is 9.59 Å². The summed E-state index contributed by atoms with van der Waals surface area (Å²) in [5, 5.41) is 0. The maximum absolute atomic E-state index is 11.7. The van der Waals surface area contributed by atoms with E-state index in [1.165, 1.54) is 13.8 Å². The number of hydrogen-bond acceptors (Lipinski definition) is 4. The van der Waals surface area contributed by atoms with Crippen molar-refractivity contribution in [1.29, 1.82) is 0 Å². The summed E-state index contributed by atoms with van der Waals surface area (Å²) >= 11 is 2.26. The summed E-state index contributed by atoms with van der Waals surface area (Å²) in [6.45, 7) is 2.98. The fourth-order valence-electron chi connectivity index (χ4n) is 2.96. The zero-order valence-corrected chi connectivity index (χ0v) is 16.1. The van der Waals surface area contributed by atoms with Crippen molar-refractivity contribution in [2.45, 2.75) is 26.6 Å². The minimum absolute atomic E-state index is 0.184. The molecule has 0 spiro atoms. The first-order valence-electron chi connectivity index (χ1n) is 7.86. The molecular weight excluding hydrogens is 431 g/mol. The molecule has 0 saturated carbocycles. The first kappa shape index (κ1) is 17.7. The van der Waals surface area contributed by atoms with E-state index >= 15 is 0 Å². The molecule has 4 nitrogen and oxygen atoms in total. The van der Waals surface area contributed by atoms with Crippen LogP contribution < -0.4 is 0 Å². The Kier molecular flexibility index (Phi) is 5.22. The predicted molar refractivity (Wildman–Crippen MR) is 104 cm³/mol. The lowest BCUT2D eigenvalue weighted by Crippen LogP contribution is -2.14. The average Bonchev–Trinajstić information content (AvgIpc) is 2.71. The molecule has 25 heavy (non-hydrogen) atoms. The molecule has 1 atom stereocenters. The van der Waals surface area contributed by atoms with E-state index in [1.54, 1.807) is 0 Å². The lowest BCUT2D eigenvalue weighted by molar-refractivity contribution is -0.145. The molecule has 0 N–H and O–H groups in total. The molecule has 0 aromatic heterocycles. The lowest BCUT2D eigenvalue weighted by atomic mass is 9.94. The maximum atomic E-state index is 11.7. The molecule has 0 amide bonds. The van der Waals surface area contributed by atoms with Crippen LogP contribution in [0.15, 0.2) is 36.4 Å². The Labute approximate surface area is 160 Å². The molecule has 0 bridgehead atoms. The van der Waals surface area contributed by atoms with Gasteiger partial charge >= 0.3 is 11.9 Å². The molecule has 0 fully saturated rings. The van der Waals surface area contributed by atoms with Crippen molar-refractivity contribution in [2.24, 2.45) is 0 Å². The Morgan fingerprint density at radius 1 is 1.04 bits per heavy atom. The van der Waals surface area contributed by atoms with E-state index in [0.717, 1.165) is 31.4 Å². The van der Waals surface area contributed by atoms with Gasteiger partial charge < -0.3 is 9.47 Å². The molecule has 128 valence electrons. The van der Waals surface area contributed by atoms with Crippen molar-refractivity contribution in [3.8, 4) is 0 Å². The fraction of sp³-hybridized carbons (Fsp3) is 0.200. The largest absolute Gasteiger partial charge is 0.461 e. The second-order valence-electron chi connectivity index (χ2n) is 5.77. The topological polar surface area (TPSA) is 52.6 Å². The van der Waals surface area contributed by atoms with Gasteiger partial charge in [0.25, 0.3) is 0 Å². The van der Waals surface area contributed by atoms with Crippen LogP contribution in [0.2, 0.25) is 0 Å². The highest BCUT2D eigenvalue weighted by atomic mass is 127. The molecule has 5 heteroatoms. The molecule has 2 aromatic rings. The standard InChI is InChI=1S/C20H17IO4/c1-12(22)24-11-15-6-3-7-17-16(15)10-9-14-5-4-8-18(21)19(14)20(17)25-13(2)23/h3-10,20H,11H2,1-2H3. The van der Waals surface area contributed by atoms with E-state index < -0.39 is 6.10 Å². The number of benzene rings is 2. The Morgan fingerprint density at radius 3 is 2.52 bits per heavy atom. The minimum atomic E-state index is -0.497. The highest BCUT2D eigenvalue weighted by Crippen LogP contribution is 2.39. The number of carbonyl (C=O) groups excluding carboxylic acids is 2. The third-order valence-corrected chi connectivity index (χ3v) is 4.95. The van der Waals surface area contributed by atoms with Crippen LogP contribution in [0.5, 0.6) is 0 Å². The molecule has 1 aliphatic carbocycles. The monoisotopic (exact) mass is 448 g/mol. The van der Waals surface area contributed by atoms with Crippen LogP contribution in [-0.4, -0.2) is 11.9 Å². The lowest BCUT2D eigenvalue weighted by Gasteiger charge is -2.22. The van der Waals surface area contributed by atoms with Crippen molar-refractivity contribution >= 4 is 46.7 Å². The van der Waals surface area contributed by atoms with Gasteiger partial charge in [-0.2, -0.15) is 0 Å². The summed E-state index contributed by atoms with van der Waals surface area (Å²) in [5.41, 5.74) is 4.66. The Morgan fingerprint density at radius 2 is 1.80 bits per heavy atom. The zero-order chi connectivity index (χ0) is 18.0. The Hall–Kier alpha value is -2.15. The van der Waals surface area contributed by atoms with Crippen molar-refractivity contribution in [1.82, 2.24) is 0 Å². The highest BCUT2D eigenvalue weighted by molar-refractivity contribution is 14.1. The molecule has 0 aliphatic heterocycles. The van der Waals surface area contributed by atoms with E-state index in [2.05, 4.69) is 22.6 Å². The average molecular weight is 448 g/mol. The normalized spacial score (nSPS) is 14.9. The molecule has 1 unspecified atom stereocenters. The minimum Gasteiger partial charge on any atom is -0.461 e. The number of halogens is 1. The van der Waals surface area contributed by atoms with Crippen molar-refractivity contribution in [3.63, 3.8) is 0 Å². The fourth-order valence-corrected chi connectivity index (χ4v) is 3.76. The maximum Gasteiger partial charge on any atom is 0.303 e. The van der Waals surface area contributed by atoms with Gasteiger partial charge in [0.05, 0.1) is 0 Å². The molecule has 2 aromatic carbocycles. The smallest absolute Gasteiger partial charge is 0.303 e. The van der Waals surface area contributed by atoms with Crippen LogP contribution in [0.4, 0.5) is 0 Å². The van der Waals surface area contributed by atoms with Gasteiger partial charge in [-0.25, -0.2) is 0 Å². The summed E-state index contributed by atoms with van der Waals surface area (Å²) < 4.78 is 11.9. The quantitative estimate of drug-likeness (QED) is 0.513. The number of rotatable bonds is 3. The Bertz CT molecular complexity index is 870. The summed E-state index contributed by atoms with van der Waals surface area (Å²) in [6.07, 6.45) is 3.51. The van der Waals surface area contributed by atoms with Crippen LogP contribution in [-0.2, 0) is 25.7 Å². The van der Waals surface area contributed by atoms with E-state index in [1.807, 2.05) is 48.6 Å². The second kappa shape index (κ2) is 7.39. The van der Waals surface area contributed by atoms with Crippen molar-refractivity contribution < 1.29 is 19.1 Å². The van der Waals surface area contributed by atoms with Gasteiger partial charge in [0, 0.05) is 28.5 Å². The summed E-state index contributed by atoms with van der Waals surface area (Å²) in [6, 6.07) is 11.7. The van der Waals surface area contributed by atoms with Crippen LogP contribution >= 0.6 is 22.6 Å². The first-order valence-corrected chi connectivity index (χ1v) is 8.94. The Balaban J connectivity index is 2.17. The number of hydrogen-bond donors (Lipinski definition) is 0. The van der Waals surface area contributed by atoms with Gasteiger partial charge in [0.15, 0.2) is 6.10 Å². The summed E-state index contributed by atoms with van der Waals surface area (Å²) in [4.78, 5) is 22.9. The van der Waals surface area contributed by atoms with E-state index in [-0.39, 0.29) is 18.5 Å². The number of ether oxygens (including phenoxy) is 2. The third-order valence-electron chi connectivity index (χ3n) is 4.01. The van der Waals surface area contributed by atoms with Crippen LogP contribution in [0.3, 0.4) is 0 Å². The van der Waals surface area contributed by atoms with Crippen LogP contribution in [0.1, 0.15) is 47.8 Å². The van der Waals surface area contributed by atoms with Gasteiger partial charge in [0.1, 0.15) is 6.61 Å². The molecular formula is C20H17IO4. The highest BCUT2D eigenvalue weighted by Gasteiger charge is 2.27. The van der Waals surface area contributed by atoms with Crippen molar-refractivity contribution in [3.05, 3.63) is 67.8 Å². The number of esters is 2. The molecule has 3 rings (SSSR count). The molecule has 1 aliphatic rings. The first-order chi connectivity index (χ1) is 12.0. The van der Waals surface area contributed by atoms with Gasteiger partial charge in [-0.3, -0.25) is 9.59 Å². The van der Waals surface area contributed by atoms with Crippen LogP contribution in [0, 0.1) is 3.57 Å². The molecule has 0 saturated heterocycles. The second-order valence-corrected chi connectivity index (χ2v) is 6.93. The zero-order valence-electron chi connectivity index (χ0n) is 13.9. The van der Waals surface area contributed by atoms with Gasteiger partial charge in [-0.1, -0.05) is 42.5 Å². The van der Waals surface area contributed by atoms with Gasteiger partial charge in [-0.05, 0) is 45.3 Å². The van der Waals surface area contributed by atoms with Gasteiger partial charge in [0.2, 0.25) is 0 Å². The summed E-state index contributed by atoms with van der Waals surface area (Å²) in [5.74, 6) is -0.668. The predicted octanol–water partition coefficient (Wildman–Crippen LogP) is 4.49. The van der Waals surface area contributed by atoms with Crippen molar-refractivity contribution in [2.75, 3.05) is 0 Å². The molecule has 0 heterocycles. The SMILES string of the molecule is CC(=O)OCc1cccc2c1C=Cc1cccc(I)c1C2OC(C)=O. The van der Waals surface area contributed by atoms with E-state index in [0.29, 0.717) is 0 Å². The van der Waals surface area contributed by atoms with Gasteiger partial charge in [-0.15, -0.1) is 0 Å². The summed E-state index contributed by atoms with van der Waals surface area (Å²) in [7, 11) is 0. The number of carbonyl (C=O) groups is 2. The van der Waals surface area contributed by atoms with E-state index in [4.69, 9.17) is 9.47 Å². The number of fused-ring (bicyclic) bond motifs is 2. The third kappa shape index (κ3) is 3.76.